The van der Waals surface area contributed by atoms with Crippen molar-refractivity contribution in [2.45, 2.75) is 13.3 Å². The van der Waals surface area contributed by atoms with E-state index in [0.29, 0.717) is 0 Å². The highest BCUT2D eigenvalue weighted by Crippen LogP contribution is 2.14. The van der Waals surface area contributed by atoms with Crippen molar-refractivity contribution < 1.29 is 5.11 Å². The zero-order valence-corrected chi connectivity index (χ0v) is 5.40. The first-order valence-corrected chi connectivity index (χ1v) is 3.25. The third kappa shape index (κ3) is 0.980. The van der Waals surface area contributed by atoms with Gasteiger partial charge in [-0.3, -0.25) is 0 Å². The van der Waals surface area contributed by atoms with E-state index in [-0.39, 0.29) is 5.88 Å². The highest BCUT2D eigenvalue weighted by molar-refractivity contribution is 7.05. The minimum Gasteiger partial charge on any atom is -0.493 e. The van der Waals surface area contributed by atoms with Gasteiger partial charge in [0.25, 0.3) is 0 Å². The quantitative estimate of drug-likeness (QED) is 0.622. The molecule has 0 radical (unpaired) electrons. The van der Waals surface area contributed by atoms with Crippen molar-refractivity contribution in [3.05, 3.63) is 10.9 Å². The normalized spacial score (nSPS) is 9.62. The van der Waals surface area contributed by atoms with E-state index in [4.69, 9.17) is 5.11 Å². The third-order valence-electron chi connectivity index (χ3n) is 0.895. The summed E-state index contributed by atoms with van der Waals surface area (Å²) in [5, 5.41) is 8.68. The largest absolute Gasteiger partial charge is 0.493 e. The molecule has 0 aromatic carbocycles. The standard InChI is InChI=1S/C5H7NOS/c1-2-4-3-5(7)6-8-4/h3H,2H2,1H3,(H,6,7). The molecule has 0 aliphatic carbocycles. The molecule has 0 atom stereocenters. The molecular weight excluding hydrogens is 122 g/mol. The molecule has 1 N–H and O–H groups in total. The first-order valence-electron chi connectivity index (χ1n) is 2.47. The number of aromatic nitrogens is 1. The minimum absolute atomic E-state index is 0.145. The van der Waals surface area contributed by atoms with Crippen molar-refractivity contribution in [3.63, 3.8) is 0 Å². The Balaban J connectivity index is 2.84. The SMILES string of the molecule is CCc1cc(O)ns1. The van der Waals surface area contributed by atoms with Crippen LogP contribution in [0.2, 0.25) is 0 Å². The van der Waals surface area contributed by atoms with Crippen LogP contribution in [0, 0.1) is 0 Å². The topological polar surface area (TPSA) is 33.1 Å². The summed E-state index contributed by atoms with van der Waals surface area (Å²) >= 11 is 1.35. The second-order valence-corrected chi connectivity index (χ2v) is 2.39. The van der Waals surface area contributed by atoms with Gasteiger partial charge in [0, 0.05) is 10.9 Å². The van der Waals surface area contributed by atoms with Gasteiger partial charge in [-0.15, -0.1) is 0 Å². The first-order chi connectivity index (χ1) is 3.83. The lowest BCUT2D eigenvalue weighted by atomic mass is 10.4. The number of rotatable bonds is 1. The number of nitrogens with zero attached hydrogens (tertiary/aromatic N) is 1. The lowest BCUT2D eigenvalue weighted by Crippen LogP contribution is -1.64. The van der Waals surface area contributed by atoms with Crippen LogP contribution >= 0.6 is 11.5 Å². The van der Waals surface area contributed by atoms with Crippen LogP contribution in [0.1, 0.15) is 11.8 Å². The Morgan fingerprint density at radius 3 is 2.88 bits per heavy atom. The van der Waals surface area contributed by atoms with E-state index in [1.165, 1.54) is 11.5 Å². The maximum absolute atomic E-state index is 8.68. The first kappa shape index (κ1) is 5.56. The molecule has 0 saturated carbocycles. The van der Waals surface area contributed by atoms with E-state index in [1.807, 2.05) is 6.92 Å². The van der Waals surface area contributed by atoms with Crippen LogP contribution in [0.5, 0.6) is 5.88 Å². The molecule has 0 bridgehead atoms. The Morgan fingerprint density at radius 1 is 1.88 bits per heavy atom. The molecular formula is C5H7NOS. The van der Waals surface area contributed by atoms with Gasteiger partial charge < -0.3 is 5.11 Å². The fraction of sp³-hybridized carbons (Fsp3) is 0.400. The van der Waals surface area contributed by atoms with E-state index < -0.39 is 0 Å². The fourth-order valence-electron chi connectivity index (χ4n) is 0.469. The molecule has 0 spiro atoms. The molecule has 1 heterocycles. The van der Waals surface area contributed by atoms with Crippen molar-refractivity contribution in [1.29, 1.82) is 0 Å². The zero-order chi connectivity index (χ0) is 5.98. The second kappa shape index (κ2) is 2.13. The molecule has 0 aliphatic rings. The number of hydrogen-bond donors (Lipinski definition) is 1. The summed E-state index contributed by atoms with van der Waals surface area (Å²) in [6, 6.07) is 1.69. The Kier molecular flexibility index (Phi) is 1.48. The molecule has 1 rings (SSSR count). The van der Waals surface area contributed by atoms with E-state index >= 15 is 0 Å². The van der Waals surface area contributed by atoms with Crippen molar-refractivity contribution in [2.75, 3.05) is 0 Å². The summed E-state index contributed by atoms with van der Waals surface area (Å²) in [7, 11) is 0. The second-order valence-electron chi connectivity index (χ2n) is 1.50. The fourth-order valence-corrected chi connectivity index (χ4v) is 1.02. The van der Waals surface area contributed by atoms with Gasteiger partial charge in [0.1, 0.15) is 0 Å². The monoisotopic (exact) mass is 129 g/mol. The molecule has 0 amide bonds. The molecule has 0 fully saturated rings. The smallest absolute Gasteiger partial charge is 0.222 e. The van der Waals surface area contributed by atoms with Gasteiger partial charge in [-0.05, 0) is 18.0 Å². The van der Waals surface area contributed by atoms with Gasteiger partial charge in [0.15, 0.2) is 0 Å². The summed E-state index contributed by atoms with van der Waals surface area (Å²) in [4.78, 5) is 1.13. The molecule has 0 saturated heterocycles. The highest BCUT2D eigenvalue weighted by Gasteiger charge is 1.93. The van der Waals surface area contributed by atoms with Gasteiger partial charge in [-0.25, -0.2) is 0 Å². The lowest BCUT2D eigenvalue weighted by Gasteiger charge is -1.76. The van der Waals surface area contributed by atoms with Crippen molar-refractivity contribution in [1.82, 2.24) is 4.37 Å². The highest BCUT2D eigenvalue weighted by atomic mass is 32.1. The summed E-state index contributed by atoms with van der Waals surface area (Å²) in [5.41, 5.74) is 0. The van der Waals surface area contributed by atoms with Gasteiger partial charge in [0.2, 0.25) is 5.88 Å². The number of aryl methyl sites for hydroxylation is 1. The van der Waals surface area contributed by atoms with E-state index in [2.05, 4.69) is 4.37 Å². The van der Waals surface area contributed by atoms with Gasteiger partial charge in [-0.1, -0.05) is 6.92 Å². The van der Waals surface area contributed by atoms with Crippen LogP contribution in [-0.4, -0.2) is 9.48 Å². The summed E-state index contributed by atoms with van der Waals surface area (Å²) in [6.07, 6.45) is 0.957. The molecule has 44 valence electrons. The molecule has 1 aromatic rings. The van der Waals surface area contributed by atoms with Gasteiger partial charge in [-0.2, -0.15) is 4.37 Å². The van der Waals surface area contributed by atoms with Crippen LogP contribution in [0.4, 0.5) is 0 Å². The van der Waals surface area contributed by atoms with E-state index in [0.717, 1.165) is 11.3 Å². The van der Waals surface area contributed by atoms with Crippen molar-refractivity contribution in [3.8, 4) is 5.88 Å². The third-order valence-corrected chi connectivity index (χ3v) is 1.81. The Hall–Kier alpha value is -0.570. The zero-order valence-electron chi connectivity index (χ0n) is 4.59. The predicted molar refractivity (Wildman–Crippen MR) is 33.2 cm³/mol. The Morgan fingerprint density at radius 2 is 2.62 bits per heavy atom. The van der Waals surface area contributed by atoms with Crippen LogP contribution in [-0.2, 0) is 6.42 Å². The molecule has 0 aliphatic heterocycles. The Bertz CT molecular complexity index is 173. The number of hydrogen-bond acceptors (Lipinski definition) is 3. The average Bonchev–Trinajstić information content (AvgIpc) is 2.14. The maximum atomic E-state index is 8.68. The Labute approximate surface area is 52.0 Å². The summed E-state index contributed by atoms with van der Waals surface area (Å²) in [6.45, 7) is 2.03. The van der Waals surface area contributed by atoms with Gasteiger partial charge in [0.05, 0.1) is 0 Å². The van der Waals surface area contributed by atoms with Crippen LogP contribution in [0.3, 0.4) is 0 Å². The predicted octanol–water partition coefficient (Wildman–Crippen LogP) is 1.41. The maximum Gasteiger partial charge on any atom is 0.222 e. The minimum atomic E-state index is 0.145. The molecule has 1 aromatic heterocycles. The van der Waals surface area contributed by atoms with Crippen LogP contribution < -0.4 is 0 Å². The van der Waals surface area contributed by atoms with Crippen LogP contribution in [0.25, 0.3) is 0 Å². The van der Waals surface area contributed by atoms with E-state index in [1.54, 1.807) is 6.07 Å². The lowest BCUT2D eigenvalue weighted by molar-refractivity contribution is 0.459. The van der Waals surface area contributed by atoms with E-state index in [9.17, 15) is 0 Å². The molecule has 8 heavy (non-hydrogen) atoms. The summed E-state index contributed by atoms with van der Waals surface area (Å²) < 4.78 is 3.68. The van der Waals surface area contributed by atoms with Gasteiger partial charge >= 0.3 is 0 Å². The molecule has 2 nitrogen and oxygen atoms in total. The van der Waals surface area contributed by atoms with Crippen molar-refractivity contribution >= 4 is 11.5 Å². The molecule has 0 unspecified atom stereocenters. The average molecular weight is 129 g/mol. The molecule has 3 heteroatoms. The van der Waals surface area contributed by atoms with Crippen molar-refractivity contribution in [2.24, 2.45) is 0 Å². The van der Waals surface area contributed by atoms with Crippen LogP contribution in [0.15, 0.2) is 6.07 Å². The number of aromatic hydroxyl groups is 1. The summed E-state index contributed by atoms with van der Waals surface area (Å²) in [5.74, 6) is 0.145.